The van der Waals surface area contributed by atoms with Gasteiger partial charge in [0.25, 0.3) is 0 Å². The number of rotatable bonds is 6. The lowest BCUT2D eigenvalue weighted by Gasteiger charge is -2.63. The summed E-state index contributed by atoms with van der Waals surface area (Å²) in [6.45, 7) is 6.17. The molecule has 0 aromatic rings. The number of hydrogen-bond donors (Lipinski definition) is 9. The lowest BCUT2D eigenvalue weighted by Crippen LogP contribution is -2.65. The predicted molar refractivity (Wildman–Crippen MR) is 181 cm³/mol. The monoisotopic (exact) mass is 758 g/mol. The van der Waals surface area contributed by atoms with E-state index in [2.05, 4.69) is 20.8 Å². The van der Waals surface area contributed by atoms with Crippen LogP contribution in [0.2, 0.25) is 0 Å². The lowest BCUT2D eigenvalue weighted by molar-refractivity contribution is -0.366. The van der Waals surface area contributed by atoms with Crippen LogP contribution in [-0.2, 0) is 28.4 Å². The number of hydrogen-bond acceptors (Lipinski definition) is 15. The highest BCUT2D eigenvalue weighted by molar-refractivity contribution is 5.18. The first kappa shape index (κ1) is 39.2. The van der Waals surface area contributed by atoms with Gasteiger partial charge in [-0.25, -0.2) is 0 Å². The normalized spacial score (nSPS) is 59.5. The second kappa shape index (κ2) is 14.3. The molecule has 4 aliphatic carbocycles. The molecular weight excluding hydrogens is 696 g/mol. The van der Waals surface area contributed by atoms with E-state index in [-0.39, 0.29) is 40.6 Å². The first-order valence-corrected chi connectivity index (χ1v) is 20.1. The van der Waals surface area contributed by atoms with Crippen molar-refractivity contribution in [1.29, 1.82) is 0 Å². The number of ether oxygens (including phenoxy) is 6. The molecule has 1 spiro atoms. The van der Waals surface area contributed by atoms with Crippen LogP contribution in [0.3, 0.4) is 0 Å². The summed E-state index contributed by atoms with van der Waals surface area (Å²) in [4.78, 5) is 0. The van der Waals surface area contributed by atoms with Gasteiger partial charge in [-0.2, -0.15) is 0 Å². The van der Waals surface area contributed by atoms with Crippen molar-refractivity contribution in [2.75, 3.05) is 19.8 Å². The molecule has 304 valence electrons. The highest BCUT2D eigenvalue weighted by Crippen LogP contribution is 2.71. The molecule has 0 amide bonds. The van der Waals surface area contributed by atoms with Gasteiger partial charge in [0, 0.05) is 23.7 Å². The van der Waals surface area contributed by atoms with Crippen LogP contribution in [-0.4, -0.2) is 157 Å². The summed E-state index contributed by atoms with van der Waals surface area (Å²) >= 11 is 0. The minimum absolute atomic E-state index is 0.0639. The molecule has 0 aromatic carbocycles. The fourth-order valence-corrected chi connectivity index (χ4v) is 13.1. The number of aliphatic hydroxyl groups is 9. The molecule has 23 unspecified atom stereocenters. The van der Waals surface area contributed by atoms with Crippen LogP contribution in [0.25, 0.3) is 0 Å². The molecule has 0 radical (unpaired) electrons. The molecule has 15 heteroatoms. The fourth-order valence-electron chi connectivity index (χ4n) is 13.1. The van der Waals surface area contributed by atoms with Gasteiger partial charge in [0.1, 0.15) is 48.8 Å². The summed E-state index contributed by atoms with van der Waals surface area (Å²) in [5, 5.41) is 96.5. The van der Waals surface area contributed by atoms with Crippen molar-refractivity contribution in [3.8, 4) is 0 Å². The Kier molecular flexibility index (Phi) is 10.6. The van der Waals surface area contributed by atoms with Crippen molar-refractivity contribution < 1.29 is 74.4 Å². The average molecular weight is 759 g/mol. The van der Waals surface area contributed by atoms with Crippen LogP contribution in [0.4, 0.5) is 0 Å². The highest BCUT2D eigenvalue weighted by atomic mass is 16.7. The summed E-state index contributed by atoms with van der Waals surface area (Å²) in [6, 6.07) is 0. The summed E-state index contributed by atoms with van der Waals surface area (Å²) < 4.78 is 36.4. The van der Waals surface area contributed by atoms with E-state index >= 15 is 0 Å². The smallest absolute Gasteiger partial charge is 0.187 e. The third-order valence-corrected chi connectivity index (χ3v) is 16.0. The SMILES string of the molecule is CC1C2C(CC3C4CCC5CC(OC6OC(CO)C(OC7OC(CO)C(O)C(O)C7O)C(O)C6O)C(O)CC5(C)C4CC(O)C32C)OC12CCCCO2. The lowest BCUT2D eigenvalue weighted by atomic mass is 9.43. The Morgan fingerprint density at radius 1 is 0.736 bits per heavy atom. The van der Waals surface area contributed by atoms with E-state index < -0.39 is 98.7 Å². The van der Waals surface area contributed by atoms with Gasteiger partial charge >= 0.3 is 0 Å². The van der Waals surface area contributed by atoms with Gasteiger partial charge in [-0.05, 0) is 80.5 Å². The maximum Gasteiger partial charge on any atom is 0.187 e. The van der Waals surface area contributed by atoms with E-state index in [1.165, 1.54) is 0 Å². The zero-order chi connectivity index (χ0) is 37.8. The van der Waals surface area contributed by atoms with Crippen LogP contribution < -0.4 is 0 Å². The number of aliphatic hydroxyl groups excluding tert-OH is 9. The van der Waals surface area contributed by atoms with Gasteiger partial charge in [0.15, 0.2) is 18.4 Å². The largest absolute Gasteiger partial charge is 0.394 e. The standard InChI is InChI=1S/C38H62O15/c1-16-27-23(53-38(16)8-4-5-9-48-38)11-20-18-7-6-17-10-22(21(41)13-36(17,2)19(18)12-26(42)37(20,27)3)49-34-32(47)30(45)33(25(15-40)51-34)52-35-31(46)29(44)28(43)24(14-39)50-35/h16-35,39-47H,4-15H2,1-3H3. The van der Waals surface area contributed by atoms with Gasteiger partial charge in [0.2, 0.25) is 0 Å². The van der Waals surface area contributed by atoms with Crippen LogP contribution in [0.5, 0.6) is 0 Å². The van der Waals surface area contributed by atoms with Gasteiger partial charge in [-0.15, -0.1) is 0 Å². The van der Waals surface area contributed by atoms with Gasteiger partial charge < -0.3 is 74.4 Å². The third kappa shape index (κ3) is 6.02. The Morgan fingerprint density at radius 2 is 1.43 bits per heavy atom. The van der Waals surface area contributed by atoms with Crippen molar-refractivity contribution in [3.05, 3.63) is 0 Å². The second-order valence-electron chi connectivity index (χ2n) is 18.3. The maximum absolute atomic E-state index is 12.1. The van der Waals surface area contributed by atoms with Gasteiger partial charge in [-0.3, -0.25) is 0 Å². The van der Waals surface area contributed by atoms with Gasteiger partial charge in [0.05, 0.1) is 44.2 Å². The quantitative estimate of drug-likeness (QED) is 0.150. The molecule has 8 aliphatic rings. The molecule has 4 saturated heterocycles. The fraction of sp³-hybridized carbons (Fsp3) is 1.00. The summed E-state index contributed by atoms with van der Waals surface area (Å²) in [7, 11) is 0. The van der Waals surface area contributed by atoms with E-state index in [0.717, 1.165) is 45.1 Å². The molecule has 15 nitrogen and oxygen atoms in total. The molecule has 8 rings (SSSR count). The van der Waals surface area contributed by atoms with E-state index in [0.29, 0.717) is 31.1 Å². The van der Waals surface area contributed by atoms with Crippen molar-refractivity contribution >= 4 is 0 Å². The number of fused-ring (bicyclic) bond motifs is 7. The first-order valence-electron chi connectivity index (χ1n) is 20.1. The second-order valence-corrected chi connectivity index (χ2v) is 18.3. The Balaban J connectivity index is 0.930. The molecule has 9 N–H and O–H groups in total. The van der Waals surface area contributed by atoms with Crippen LogP contribution in [0.15, 0.2) is 0 Å². The minimum atomic E-state index is -1.76. The molecule has 4 aliphatic heterocycles. The van der Waals surface area contributed by atoms with E-state index in [9.17, 15) is 46.0 Å². The van der Waals surface area contributed by atoms with Crippen molar-refractivity contribution in [2.45, 2.75) is 170 Å². The van der Waals surface area contributed by atoms with Crippen molar-refractivity contribution in [1.82, 2.24) is 0 Å². The van der Waals surface area contributed by atoms with Crippen LogP contribution >= 0.6 is 0 Å². The van der Waals surface area contributed by atoms with Crippen molar-refractivity contribution in [2.24, 2.45) is 46.3 Å². The Bertz CT molecular complexity index is 1300. The molecule has 23 atom stereocenters. The minimum Gasteiger partial charge on any atom is -0.394 e. The van der Waals surface area contributed by atoms with Crippen LogP contribution in [0, 0.1) is 46.3 Å². The first-order chi connectivity index (χ1) is 25.2. The average Bonchev–Trinajstić information content (AvgIpc) is 3.58. The topological polar surface area (TPSA) is 237 Å². The molecular formula is C38H62O15. The summed E-state index contributed by atoms with van der Waals surface area (Å²) in [5.41, 5.74) is -0.535. The Morgan fingerprint density at radius 3 is 2.13 bits per heavy atom. The zero-order valence-corrected chi connectivity index (χ0v) is 31.0. The summed E-state index contributed by atoms with van der Waals surface area (Å²) in [6.07, 6.45) is -10.1. The van der Waals surface area contributed by atoms with E-state index in [1.807, 2.05) is 0 Å². The molecule has 53 heavy (non-hydrogen) atoms. The molecule has 4 saturated carbocycles. The molecule has 8 fully saturated rings. The predicted octanol–water partition coefficient (Wildman–Crippen LogP) is -0.862. The van der Waals surface area contributed by atoms with E-state index in [4.69, 9.17) is 28.4 Å². The summed E-state index contributed by atoms with van der Waals surface area (Å²) in [5.74, 6) is 0.963. The third-order valence-electron chi connectivity index (χ3n) is 16.0. The molecule has 4 heterocycles. The molecule has 0 bridgehead atoms. The van der Waals surface area contributed by atoms with Crippen LogP contribution in [0.1, 0.15) is 78.6 Å². The Labute approximate surface area is 310 Å². The highest BCUT2D eigenvalue weighted by Gasteiger charge is 2.71. The molecule has 0 aromatic heterocycles. The zero-order valence-electron chi connectivity index (χ0n) is 31.0. The van der Waals surface area contributed by atoms with Gasteiger partial charge in [-0.1, -0.05) is 20.8 Å². The Hall–Kier alpha value is -0.600. The van der Waals surface area contributed by atoms with E-state index in [1.54, 1.807) is 0 Å². The maximum atomic E-state index is 12.1. The van der Waals surface area contributed by atoms with Crippen molar-refractivity contribution in [3.63, 3.8) is 0 Å².